The molecular formula is C26H36N2O6. The molecule has 1 heterocycles. The zero-order chi connectivity index (χ0) is 25.4. The summed E-state index contributed by atoms with van der Waals surface area (Å²) in [6.45, 7) is 11.0. The summed E-state index contributed by atoms with van der Waals surface area (Å²) in [6.07, 6.45) is 0.586. The van der Waals surface area contributed by atoms with Crippen LogP contribution in [0.25, 0.3) is 0 Å². The van der Waals surface area contributed by atoms with E-state index in [0.717, 1.165) is 0 Å². The lowest BCUT2D eigenvalue weighted by atomic mass is 9.99. The molecule has 2 rings (SSSR count). The molecule has 0 radical (unpaired) electrons. The molecule has 1 aromatic heterocycles. The molecule has 1 amide bonds. The van der Waals surface area contributed by atoms with Crippen LogP contribution in [0.5, 0.6) is 5.75 Å². The summed E-state index contributed by atoms with van der Waals surface area (Å²) < 4.78 is 17.4. The highest BCUT2D eigenvalue weighted by atomic mass is 16.5. The van der Waals surface area contributed by atoms with Gasteiger partial charge in [0.05, 0.1) is 20.3 Å². The first-order valence-corrected chi connectivity index (χ1v) is 11.6. The largest absolute Gasteiger partial charge is 0.497 e. The van der Waals surface area contributed by atoms with Crippen LogP contribution >= 0.6 is 0 Å². The normalized spacial score (nSPS) is 11.7. The maximum atomic E-state index is 13.8. The monoisotopic (exact) mass is 472 g/mol. The van der Waals surface area contributed by atoms with Crippen molar-refractivity contribution in [1.82, 2.24) is 9.47 Å². The lowest BCUT2D eigenvalue weighted by molar-refractivity contribution is 0.0584. The van der Waals surface area contributed by atoms with E-state index in [4.69, 9.17) is 14.2 Å². The van der Waals surface area contributed by atoms with Gasteiger partial charge in [-0.25, -0.2) is 4.79 Å². The molecule has 0 aliphatic carbocycles. The van der Waals surface area contributed by atoms with Crippen LogP contribution in [-0.4, -0.2) is 67.1 Å². The van der Waals surface area contributed by atoms with Crippen molar-refractivity contribution in [3.63, 3.8) is 0 Å². The molecule has 1 unspecified atom stereocenters. The highest BCUT2D eigenvalue weighted by molar-refractivity contribution is 6.07. The zero-order valence-corrected chi connectivity index (χ0v) is 21.3. The average Bonchev–Trinajstić information content (AvgIpc) is 3.11. The van der Waals surface area contributed by atoms with E-state index < -0.39 is 12.0 Å². The van der Waals surface area contributed by atoms with Gasteiger partial charge in [-0.1, -0.05) is 6.07 Å². The number of ether oxygens (including phenoxy) is 3. The van der Waals surface area contributed by atoms with Crippen molar-refractivity contribution in [3.05, 3.63) is 52.3 Å². The van der Waals surface area contributed by atoms with Crippen LogP contribution in [-0.2, 0) is 16.0 Å². The van der Waals surface area contributed by atoms with Gasteiger partial charge in [-0.15, -0.1) is 0 Å². The number of carbonyl (C=O) groups excluding carboxylic acids is 3. The number of rotatable bonds is 12. The fourth-order valence-electron chi connectivity index (χ4n) is 4.24. The predicted molar refractivity (Wildman–Crippen MR) is 130 cm³/mol. The molecule has 0 aliphatic heterocycles. The van der Waals surface area contributed by atoms with Gasteiger partial charge in [0.15, 0.2) is 5.78 Å². The Bertz CT molecular complexity index is 1030. The molecular weight excluding hydrogens is 436 g/mol. The molecule has 8 heteroatoms. The quantitative estimate of drug-likeness (QED) is 0.263. The lowest BCUT2D eigenvalue weighted by Gasteiger charge is -2.29. The van der Waals surface area contributed by atoms with E-state index in [0.29, 0.717) is 66.6 Å². The fourth-order valence-corrected chi connectivity index (χ4v) is 4.24. The minimum absolute atomic E-state index is 0.222. The Morgan fingerprint density at radius 2 is 1.82 bits per heavy atom. The number of esters is 1. The van der Waals surface area contributed by atoms with Crippen molar-refractivity contribution >= 4 is 17.7 Å². The van der Waals surface area contributed by atoms with Gasteiger partial charge in [-0.05, 0) is 64.8 Å². The summed E-state index contributed by atoms with van der Waals surface area (Å²) >= 11 is 0. The van der Waals surface area contributed by atoms with Crippen molar-refractivity contribution in [1.29, 1.82) is 0 Å². The molecule has 0 N–H and O–H groups in total. The molecule has 1 atom stereocenters. The molecule has 1 aromatic carbocycles. The summed E-state index contributed by atoms with van der Waals surface area (Å²) in [5.74, 6) is -0.418. The number of amides is 1. The van der Waals surface area contributed by atoms with Crippen molar-refractivity contribution in [3.8, 4) is 5.75 Å². The highest BCUT2D eigenvalue weighted by Gasteiger charge is 2.33. The van der Waals surface area contributed by atoms with Crippen molar-refractivity contribution in [2.45, 2.75) is 53.6 Å². The Kier molecular flexibility index (Phi) is 9.86. The van der Waals surface area contributed by atoms with Gasteiger partial charge in [0.25, 0.3) is 5.91 Å². The second kappa shape index (κ2) is 12.4. The van der Waals surface area contributed by atoms with E-state index in [2.05, 4.69) is 0 Å². The minimum Gasteiger partial charge on any atom is -0.497 e. The summed E-state index contributed by atoms with van der Waals surface area (Å²) in [5, 5.41) is 0. The minimum atomic E-state index is -0.754. The van der Waals surface area contributed by atoms with Gasteiger partial charge < -0.3 is 23.7 Å². The van der Waals surface area contributed by atoms with Gasteiger partial charge in [0.1, 0.15) is 11.4 Å². The van der Waals surface area contributed by atoms with E-state index >= 15 is 0 Å². The Balaban J connectivity index is 2.47. The third kappa shape index (κ3) is 5.67. The fraction of sp³-hybridized carbons (Fsp3) is 0.500. The number of aromatic nitrogens is 1. The number of benzene rings is 1. The first kappa shape index (κ1) is 27.1. The van der Waals surface area contributed by atoms with Gasteiger partial charge in [0.2, 0.25) is 0 Å². The van der Waals surface area contributed by atoms with Gasteiger partial charge in [-0.2, -0.15) is 0 Å². The van der Waals surface area contributed by atoms with Crippen LogP contribution in [0.15, 0.2) is 24.3 Å². The molecule has 186 valence electrons. The lowest BCUT2D eigenvalue weighted by Crippen LogP contribution is -2.44. The van der Waals surface area contributed by atoms with E-state index in [1.54, 1.807) is 54.7 Å². The van der Waals surface area contributed by atoms with Crippen LogP contribution in [0.2, 0.25) is 0 Å². The smallest absolute Gasteiger partial charge is 0.354 e. The Hall–Kier alpha value is -3.13. The van der Waals surface area contributed by atoms with Gasteiger partial charge in [-0.3, -0.25) is 9.59 Å². The van der Waals surface area contributed by atoms with Crippen LogP contribution in [0.1, 0.15) is 69.7 Å². The number of hydrogen-bond acceptors (Lipinski definition) is 6. The highest BCUT2D eigenvalue weighted by Crippen LogP contribution is 2.26. The van der Waals surface area contributed by atoms with Crippen LogP contribution in [0, 0.1) is 13.8 Å². The average molecular weight is 473 g/mol. The molecule has 0 aliphatic rings. The third-order valence-corrected chi connectivity index (χ3v) is 6.02. The predicted octanol–water partition coefficient (Wildman–Crippen LogP) is 4.06. The number of methoxy groups -OCH3 is 2. The first-order valence-electron chi connectivity index (χ1n) is 11.6. The molecule has 0 spiro atoms. The van der Waals surface area contributed by atoms with Crippen LogP contribution < -0.4 is 4.74 Å². The second-order valence-corrected chi connectivity index (χ2v) is 7.99. The molecule has 34 heavy (non-hydrogen) atoms. The van der Waals surface area contributed by atoms with E-state index in [1.807, 2.05) is 20.8 Å². The van der Waals surface area contributed by atoms with Crippen molar-refractivity contribution < 1.29 is 28.6 Å². The SMILES string of the molecule is CCOCCCN(C(=O)c1cccc(OC)c1)C(C)C(=O)c1c(C)c(C(=O)OC)n(CC)c1C. The molecule has 8 nitrogen and oxygen atoms in total. The molecule has 0 saturated heterocycles. The van der Waals surface area contributed by atoms with Crippen molar-refractivity contribution in [2.75, 3.05) is 34.0 Å². The number of Topliss-reactive ketones (excluding diaryl/α,β-unsaturated/α-hetero) is 1. The summed E-state index contributed by atoms with van der Waals surface area (Å²) in [6, 6.07) is 6.12. The Morgan fingerprint density at radius 3 is 2.41 bits per heavy atom. The molecule has 0 bridgehead atoms. The first-order chi connectivity index (χ1) is 16.2. The summed E-state index contributed by atoms with van der Waals surface area (Å²) in [7, 11) is 2.86. The standard InChI is InChI=1S/C26H36N2O6/c1-8-27-18(4)22(17(3)23(27)26(31)33-7)24(29)19(5)28(14-11-15-34-9-2)25(30)20-12-10-13-21(16-20)32-6/h10,12-13,16,19H,8-9,11,14-15H2,1-7H3. The van der Waals surface area contributed by atoms with E-state index in [9.17, 15) is 14.4 Å². The third-order valence-electron chi connectivity index (χ3n) is 6.02. The summed E-state index contributed by atoms with van der Waals surface area (Å²) in [4.78, 5) is 41.2. The summed E-state index contributed by atoms with van der Waals surface area (Å²) in [5.41, 5.74) is 2.49. The Morgan fingerprint density at radius 1 is 1.12 bits per heavy atom. The maximum Gasteiger partial charge on any atom is 0.354 e. The van der Waals surface area contributed by atoms with Crippen molar-refractivity contribution in [2.24, 2.45) is 0 Å². The number of ketones is 1. The molecule has 0 saturated carbocycles. The van der Waals surface area contributed by atoms with Gasteiger partial charge in [0, 0.05) is 43.1 Å². The topological polar surface area (TPSA) is 87.1 Å². The van der Waals surface area contributed by atoms with Crippen LogP contribution in [0.3, 0.4) is 0 Å². The zero-order valence-electron chi connectivity index (χ0n) is 21.3. The van der Waals surface area contributed by atoms with E-state index in [1.165, 1.54) is 7.11 Å². The second-order valence-electron chi connectivity index (χ2n) is 7.99. The Labute approximate surface area is 201 Å². The molecule has 0 fully saturated rings. The van der Waals surface area contributed by atoms with E-state index in [-0.39, 0.29) is 11.7 Å². The van der Waals surface area contributed by atoms with Crippen LogP contribution in [0.4, 0.5) is 0 Å². The number of carbonyl (C=O) groups is 3. The number of nitrogens with zero attached hydrogens (tertiary/aromatic N) is 2. The number of hydrogen-bond donors (Lipinski definition) is 0. The molecule has 2 aromatic rings. The maximum absolute atomic E-state index is 13.8. The van der Waals surface area contributed by atoms with Gasteiger partial charge >= 0.3 is 5.97 Å².